The van der Waals surface area contributed by atoms with E-state index in [1.807, 2.05) is 79.7 Å². The summed E-state index contributed by atoms with van der Waals surface area (Å²) in [5.41, 5.74) is 2.53. The molecule has 1 amide bonds. The van der Waals surface area contributed by atoms with Crippen LogP contribution in [-0.2, 0) is 11.3 Å². The molecule has 1 heterocycles. The lowest BCUT2D eigenvalue weighted by molar-refractivity contribution is -0.118. The molecule has 0 radical (unpaired) electrons. The molecule has 0 unspecified atom stereocenters. The summed E-state index contributed by atoms with van der Waals surface area (Å²) in [4.78, 5) is 13.2. The number of nitrogens with one attached hydrogen (secondary N) is 2. The van der Waals surface area contributed by atoms with Crippen LogP contribution in [0.15, 0.2) is 72.8 Å². The predicted molar refractivity (Wildman–Crippen MR) is 115 cm³/mol. The van der Waals surface area contributed by atoms with Gasteiger partial charge >= 0.3 is 0 Å². The third-order valence-corrected chi connectivity index (χ3v) is 4.79. The van der Waals surface area contributed by atoms with Crippen molar-refractivity contribution in [2.75, 3.05) is 18.7 Å². The number of fused-ring (bicyclic) bond motifs is 1. The monoisotopic (exact) mass is 404 g/mol. The number of amides is 1. The molecule has 3 aromatic rings. The summed E-state index contributed by atoms with van der Waals surface area (Å²) >= 11 is 0. The minimum Gasteiger partial charge on any atom is -0.492 e. The Morgan fingerprint density at radius 2 is 1.77 bits per heavy atom. The summed E-state index contributed by atoms with van der Waals surface area (Å²) < 4.78 is 16.4. The molecule has 0 aliphatic carbocycles. The van der Waals surface area contributed by atoms with E-state index in [2.05, 4.69) is 10.6 Å². The zero-order valence-electron chi connectivity index (χ0n) is 16.8. The first kappa shape index (κ1) is 19.8. The normalized spacial score (nSPS) is 13.0. The molecule has 30 heavy (non-hydrogen) atoms. The van der Waals surface area contributed by atoms with Crippen LogP contribution in [0.4, 0.5) is 5.69 Å². The van der Waals surface area contributed by atoms with Crippen molar-refractivity contribution in [1.82, 2.24) is 5.32 Å². The van der Waals surface area contributed by atoms with Gasteiger partial charge in [0.2, 0.25) is 12.7 Å². The molecule has 2 N–H and O–H groups in total. The molecule has 154 valence electrons. The summed E-state index contributed by atoms with van der Waals surface area (Å²) in [5, 5.41) is 6.37. The Hall–Kier alpha value is -3.51. The summed E-state index contributed by atoms with van der Waals surface area (Å²) in [7, 11) is 0. The van der Waals surface area contributed by atoms with Crippen LogP contribution in [0.3, 0.4) is 0 Å². The fourth-order valence-corrected chi connectivity index (χ4v) is 3.33. The fraction of sp³-hybridized carbons (Fsp3) is 0.208. The number of ether oxygens (including phenoxy) is 3. The first-order valence-corrected chi connectivity index (χ1v) is 9.94. The van der Waals surface area contributed by atoms with E-state index in [0.717, 1.165) is 22.6 Å². The van der Waals surface area contributed by atoms with E-state index in [0.29, 0.717) is 24.6 Å². The van der Waals surface area contributed by atoms with Gasteiger partial charge in [-0.15, -0.1) is 0 Å². The van der Waals surface area contributed by atoms with Crippen molar-refractivity contribution in [2.24, 2.45) is 0 Å². The Balaban J connectivity index is 1.52. The Kier molecular flexibility index (Phi) is 6.15. The summed E-state index contributed by atoms with van der Waals surface area (Å²) in [6.45, 7) is 3.17. The number of benzene rings is 3. The Labute approximate surface area is 175 Å². The van der Waals surface area contributed by atoms with Crippen LogP contribution >= 0.6 is 0 Å². The number of anilines is 1. The van der Waals surface area contributed by atoms with Crippen molar-refractivity contribution in [1.29, 1.82) is 0 Å². The first-order valence-electron chi connectivity index (χ1n) is 9.94. The second-order valence-corrected chi connectivity index (χ2v) is 6.83. The fourth-order valence-electron chi connectivity index (χ4n) is 3.33. The highest BCUT2D eigenvalue weighted by atomic mass is 16.7. The molecule has 0 spiro atoms. The molecular formula is C24H24N2O4. The van der Waals surface area contributed by atoms with Gasteiger partial charge in [-0.3, -0.25) is 10.1 Å². The Morgan fingerprint density at radius 1 is 1.00 bits per heavy atom. The van der Waals surface area contributed by atoms with Gasteiger partial charge in [-0.2, -0.15) is 0 Å². The van der Waals surface area contributed by atoms with Gasteiger partial charge < -0.3 is 19.5 Å². The number of hydrogen-bond donors (Lipinski definition) is 2. The minimum absolute atomic E-state index is 0.158. The third-order valence-electron chi connectivity index (χ3n) is 4.79. The van der Waals surface area contributed by atoms with Crippen molar-refractivity contribution in [3.63, 3.8) is 0 Å². The number of carbonyl (C=O) groups excluding carboxylic acids is 1. The van der Waals surface area contributed by atoms with E-state index < -0.39 is 6.04 Å². The van der Waals surface area contributed by atoms with Crippen molar-refractivity contribution < 1.29 is 19.0 Å². The number of rotatable bonds is 8. The van der Waals surface area contributed by atoms with Crippen LogP contribution in [0.2, 0.25) is 0 Å². The number of carbonyl (C=O) groups is 1. The average molecular weight is 404 g/mol. The highest BCUT2D eigenvalue weighted by Crippen LogP contribution is 2.32. The number of para-hydroxylation sites is 2. The molecule has 0 bridgehead atoms. The molecule has 1 aliphatic heterocycles. The van der Waals surface area contributed by atoms with Gasteiger partial charge in [0.25, 0.3) is 0 Å². The lowest BCUT2D eigenvalue weighted by atomic mass is 10.1. The minimum atomic E-state index is -0.536. The predicted octanol–water partition coefficient (Wildman–Crippen LogP) is 4.28. The van der Waals surface area contributed by atoms with Crippen LogP contribution in [0.1, 0.15) is 24.1 Å². The van der Waals surface area contributed by atoms with E-state index in [-0.39, 0.29) is 12.7 Å². The standard InChI is InChI=1S/C24H24N2O4/c1-2-28-20-11-7-6-10-19(20)26-24(27)23(18-8-4-3-5-9-18)25-15-17-12-13-21-22(14-17)30-16-29-21/h3-14,23,25H,2,15-16H2,1H3,(H,26,27)/t23-/m0/s1. The molecule has 0 fully saturated rings. The maximum absolute atomic E-state index is 13.2. The molecule has 0 saturated heterocycles. The van der Waals surface area contributed by atoms with Crippen LogP contribution in [0.5, 0.6) is 17.2 Å². The highest BCUT2D eigenvalue weighted by Gasteiger charge is 2.22. The lowest BCUT2D eigenvalue weighted by Crippen LogP contribution is -2.32. The van der Waals surface area contributed by atoms with Crippen LogP contribution < -0.4 is 24.8 Å². The maximum atomic E-state index is 13.2. The van der Waals surface area contributed by atoms with Crippen molar-refractivity contribution in [3.8, 4) is 17.2 Å². The van der Waals surface area contributed by atoms with Gasteiger partial charge in [0.1, 0.15) is 11.8 Å². The Bertz CT molecular complexity index is 1010. The second-order valence-electron chi connectivity index (χ2n) is 6.83. The summed E-state index contributed by atoms with van der Waals surface area (Å²) in [6.07, 6.45) is 0. The van der Waals surface area contributed by atoms with E-state index in [4.69, 9.17) is 14.2 Å². The first-order chi connectivity index (χ1) is 14.7. The molecule has 4 rings (SSSR count). The van der Waals surface area contributed by atoms with Crippen LogP contribution in [0.25, 0.3) is 0 Å². The quantitative estimate of drug-likeness (QED) is 0.586. The second kappa shape index (κ2) is 9.33. The van der Waals surface area contributed by atoms with E-state index in [9.17, 15) is 4.79 Å². The summed E-state index contributed by atoms with van der Waals surface area (Å²) in [5.74, 6) is 1.95. The van der Waals surface area contributed by atoms with E-state index in [1.54, 1.807) is 0 Å². The largest absolute Gasteiger partial charge is 0.492 e. The van der Waals surface area contributed by atoms with Gasteiger partial charge in [-0.05, 0) is 42.3 Å². The third kappa shape index (κ3) is 4.55. The molecule has 6 nitrogen and oxygen atoms in total. The van der Waals surface area contributed by atoms with Gasteiger partial charge in [0.15, 0.2) is 11.5 Å². The van der Waals surface area contributed by atoms with Crippen molar-refractivity contribution in [3.05, 3.63) is 83.9 Å². The van der Waals surface area contributed by atoms with Gasteiger partial charge in [-0.1, -0.05) is 48.5 Å². The van der Waals surface area contributed by atoms with E-state index in [1.165, 1.54) is 0 Å². The topological polar surface area (TPSA) is 68.8 Å². The van der Waals surface area contributed by atoms with Gasteiger partial charge in [-0.25, -0.2) is 0 Å². The summed E-state index contributed by atoms with van der Waals surface area (Å²) in [6, 6.07) is 22.3. The van der Waals surface area contributed by atoms with Crippen molar-refractivity contribution >= 4 is 11.6 Å². The molecule has 0 saturated carbocycles. The zero-order chi connectivity index (χ0) is 20.8. The van der Waals surface area contributed by atoms with Gasteiger partial charge in [0.05, 0.1) is 12.3 Å². The zero-order valence-corrected chi connectivity index (χ0v) is 16.8. The number of hydrogen-bond acceptors (Lipinski definition) is 5. The molecule has 3 aromatic carbocycles. The molecule has 6 heteroatoms. The Morgan fingerprint density at radius 3 is 2.60 bits per heavy atom. The molecular weight excluding hydrogens is 380 g/mol. The van der Waals surface area contributed by atoms with Crippen LogP contribution in [-0.4, -0.2) is 19.3 Å². The van der Waals surface area contributed by atoms with Crippen molar-refractivity contribution in [2.45, 2.75) is 19.5 Å². The SMILES string of the molecule is CCOc1ccccc1NC(=O)[C@@H](NCc1ccc2c(c1)OCO2)c1ccccc1. The average Bonchev–Trinajstić information content (AvgIpc) is 3.24. The smallest absolute Gasteiger partial charge is 0.246 e. The molecule has 1 aliphatic rings. The van der Waals surface area contributed by atoms with Gasteiger partial charge in [0, 0.05) is 6.54 Å². The highest BCUT2D eigenvalue weighted by molar-refractivity contribution is 5.96. The lowest BCUT2D eigenvalue weighted by Gasteiger charge is -2.20. The van der Waals surface area contributed by atoms with E-state index >= 15 is 0 Å². The maximum Gasteiger partial charge on any atom is 0.246 e. The molecule has 1 atom stereocenters. The molecule has 0 aromatic heterocycles. The van der Waals surface area contributed by atoms with Crippen LogP contribution in [0, 0.1) is 0 Å².